The van der Waals surface area contributed by atoms with Crippen molar-refractivity contribution in [3.63, 3.8) is 0 Å². The van der Waals surface area contributed by atoms with Crippen LogP contribution >= 0.6 is 0 Å². The lowest BCUT2D eigenvalue weighted by atomic mass is 10.2. The number of hydrogen-bond donors (Lipinski definition) is 2. The third-order valence-corrected chi connectivity index (χ3v) is 1.75. The van der Waals surface area contributed by atoms with Crippen molar-refractivity contribution in [1.29, 1.82) is 0 Å². The Kier molecular flexibility index (Phi) is 4.43. The van der Waals surface area contributed by atoms with Crippen molar-refractivity contribution < 1.29 is 5.11 Å². The van der Waals surface area contributed by atoms with Crippen molar-refractivity contribution in [2.24, 2.45) is 0 Å². The maximum absolute atomic E-state index is 8.97. The predicted octanol–water partition coefficient (Wildman–Crippen LogP) is 0.594. The second-order valence-electron chi connectivity index (χ2n) is 3.16. The second-order valence-corrected chi connectivity index (χ2v) is 3.16. The van der Waals surface area contributed by atoms with Gasteiger partial charge in [-0.15, -0.1) is 0 Å². The van der Waals surface area contributed by atoms with Gasteiger partial charge in [-0.2, -0.15) is 0 Å². The van der Waals surface area contributed by atoms with E-state index in [1.54, 1.807) is 13.1 Å². The summed E-state index contributed by atoms with van der Waals surface area (Å²) in [5.74, 6) is 0. The van der Waals surface area contributed by atoms with Crippen LogP contribution in [0.4, 0.5) is 0 Å². The average molecular weight is 180 g/mol. The third kappa shape index (κ3) is 4.60. The van der Waals surface area contributed by atoms with Gasteiger partial charge in [0.15, 0.2) is 0 Å². The van der Waals surface area contributed by atoms with Crippen LogP contribution in [-0.4, -0.2) is 29.3 Å². The molecule has 0 fully saturated rings. The van der Waals surface area contributed by atoms with E-state index >= 15 is 0 Å². The smallest absolute Gasteiger partial charge is 0.0636 e. The van der Waals surface area contributed by atoms with Gasteiger partial charge in [0.25, 0.3) is 0 Å². The Bertz CT molecular complexity index is 224. The molecule has 2 N–H and O–H groups in total. The summed E-state index contributed by atoms with van der Waals surface area (Å²) in [6, 6.07) is 3.99. The lowest BCUT2D eigenvalue weighted by Crippen LogP contribution is -2.26. The number of rotatable bonds is 5. The fourth-order valence-electron chi connectivity index (χ4n) is 1.09. The van der Waals surface area contributed by atoms with Crippen LogP contribution < -0.4 is 5.32 Å². The van der Waals surface area contributed by atoms with Gasteiger partial charge in [0, 0.05) is 18.9 Å². The van der Waals surface area contributed by atoms with Crippen LogP contribution in [0.5, 0.6) is 0 Å². The lowest BCUT2D eigenvalue weighted by molar-refractivity contribution is 0.191. The van der Waals surface area contributed by atoms with Crippen molar-refractivity contribution >= 4 is 0 Å². The van der Waals surface area contributed by atoms with Crippen LogP contribution in [0.1, 0.15) is 12.5 Å². The zero-order chi connectivity index (χ0) is 9.52. The first-order valence-electron chi connectivity index (χ1n) is 4.56. The van der Waals surface area contributed by atoms with E-state index in [2.05, 4.69) is 16.4 Å². The highest BCUT2D eigenvalue weighted by Crippen LogP contribution is 1.95. The van der Waals surface area contributed by atoms with Crippen LogP contribution in [0.2, 0.25) is 0 Å². The molecule has 0 aromatic carbocycles. The molecule has 0 aliphatic rings. The van der Waals surface area contributed by atoms with Gasteiger partial charge in [-0.05, 0) is 31.5 Å². The summed E-state index contributed by atoms with van der Waals surface area (Å²) in [5.41, 5.74) is 1.22. The molecule has 0 amide bonds. The van der Waals surface area contributed by atoms with E-state index < -0.39 is 0 Å². The maximum Gasteiger partial charge on any atom is 0.0636 e. The number of pyridine rings is 1. The normalized spacial score (nSPS) is 12.8. The zero-order valence-electron chi connectivity index (χ0n) is 7.90. The maximum atomic E-state index is 8.97. The van der Waals surface area contributed by atoms with Gasteiger partial charge in [0.05, 0.1) is 6.10 Å². The standard InChI is InChI=1S/C10H16N2O/c1-9(13)7-12-6-4-10-3-2-5-11-8-10/h2-3,5,8-9,12-13H,4,6-7H2,1H3/t9-/m1/s1. The molecule has 0 spiro atoms. The Labute approximate surface area is 78.8 Å². The van der Waals surface area contributed by atoms with Gasteiger partial charge in [0.2, 0.25) is 0 Å². The largest absolute Gasteiger partial charge is 0.392 e. The van der Waals surface area contributed by atoms with Crippen LogP contribution in [0.15, 0.2) is 24.5 Å². The summed E-state index contributed by atoms with van der Waals surface area (Å²) < 4.78 is 0. The van der Waals surface area contributed by atoms with E-state index in [9.17, 15) is 0 Å². The van der Waals surface area contributed by atoms with E-state index in [0.717, 1.165) is 13.0 Å². The molecule has 1 atom stereocenters. The molecular formula is C10H16N2O. The highest BCUT2D eigenvalue weighted by Gasteiger charge is 1.94. The minimum atomic E-state index is -0.270. The first kappa shape index (κ1) is 10.2. The summed E-state index contributed by atoms with van der Waals surface area (Å²) in [6.07, 6.45) is 4.33. The van der Waals surface area contributed by atoms with Crippen molar-refractivity contribution in [3.8, 4) is 0 Å². The molecule has 0 saturated heterocycles. The summed E-state index contributed by atoms with van der Waals surface area (Å²) in [7, 11) is 0. The number of aromatic nitrogens is 1. The molecule has 0 bridgehead atoms. The van der Waals surface area contributed by atoms with Crippen LogP contribution in [0.25, 0.3) is 0 Å². The van der Waals surface area contributed by atoms with Crippen molar-refractivity contribution in [1.82, 2.24) is 10.3 Å². The molecule has 1 aromatic rings. The van der Waals surface area contributed by atoms with Gasteiger partial charge in [-0.3, -0.25) is 4.98 Å². The van der Waals surface area contributed by atoms with Gasteiger partial charge < -0.3 is 10.4 Å². The van der Waals surface area contributed by atoms with Crippen molar-refractivity contribution in [2.75, 3.05) is 13.1 Å². The second kappa shape index (κ2) is 5.67. The Morgan fingerprint density at radius 3 is 3.08 bits per heavy atom. The number of hydrogen-bond acceptors (Lipinski definition) is 3. The van der Waals surface area contributed by atoms with Crippen LogP contribution in [0.3, 0.4) is 0 Å². The predicted molar refractivity (Wildman–Crippen MR) is 52.5 cm³/mol. The monoisotopic (exact) mass is 180 g/mol. The molecule has 13 heavy (non-hydrogen) atoms. The molecule has 0 radical (unpaired) electrons. The molecule has 0 aliphatic carbocycles. The molecule has 1 rings (SSSR count). The van der Waals surface area contributed by atoms with Crippen LogP contribution in [-0.2, 0) is 6.42 Å². The average Bonchev–Trinajstić information content (AvgIpc) is 2.14. The highest BCUT2D eigenvalue weighted by molar-refractivity contribution is 5.08. The minimum Gasteiger partial charge on any atom is -0.392 e. The minimum absolute atomic E-state index is 0.270. The highest BCUT2D eigenvalue weighted by atomic mass is 16.3. The molecule has 72 valence electrons. The molecule has 0 aliphatic heterocycles. The number of aliphatic hydroxyl groups excluding tert-OH is 1. The Balaban J connectivity index is 2.13. The Morgan fingerprint density at radius 1 is 1.62 bits per heavy atom. The van der Waals surface area contributed by atoms with E-state index in [4.69, 9.17) is 5.11 Å². The number of nitrogens with zero attached hydrogens (tertiary/aromatic N) is 1. The lowest BCUT2D eigenvalue weighted by Gasteiger charge is -2.06. The van der Waals surface area contributed by atoms with E-state index in [-0.39, 0.29) is 6.10 Å². The molecular weight excluding hydrogens is 164 g/mol. The van der Waals surface area contributed by atoms with Gasteiger partial charge >= 0.3 is 0 Å². The molecule has 3 heteroatoms. The summed E-state index contributed by atoms with van der Waals surface area (Å²) in [6.45, 7) is 3.31. The summed E-state index contributed by atoms with van der Waals surface area (Å²) in [4.78, 5) is 4.02. The van der Waals surface area contributed by atoms with Crippen molar-refractivity contribution in [2.45, 2.75) is 19.4 Å². The fraction of sp³-hybridized carbons (Fsp3) is 0.500. The molecule has 3 nitrogen and oxygen atoms in total. The molecule has 0 unspecified atom stereocenters. The van der Waals surface area contributed by atoms with E-state index in [1.165, 1.54) is 5.56 Å². The SMILES string of the molecule is C[C@@H](O)CNCCc1cccnc1. The molecule has 1 heterocycles. The van der Waals surface area contributed by atoms with Gasteiger partial charge in [-0.1, -0.05) is 6.07 Å². The topological polar surface area (TPSA) is 45.1 Å². The first-order valence-corrected chi connectivity index (χ1v) is 4.56. The Hall–Kier alpha value is -0.930. The fourth-order valence-corrected chi connectivity index (χ4v) is 1.09. The molecule has 0 saturated carbocycles. The summed E-state index contributed by atoms with van der Waals surface area (Å²) in [5, 5.41) is 12.1. The summed E-state index contributed by atoms with van der Waals surface area (Å²) >= 11 is 0. The zero-order valence-corrected chi connectivity index (χ0v) is 7.90. The molecule has 1 aromatic heterocycles. The van der Waals surface area contributed by atoms with Crippen LogP contribution in [0, 0.1) is 0 Å². The first-order chi connectivity index (χ1) is 6.29. The van der Waals surface area contributed by atoms with E-state index in [0.29, 0.717) is 6.54 Å². The van der Waals surface area contributed by atoms with Gasteiger partial charge in [0.1, 0.15) is 0 Å². The quantitative estimate of drug-likeness (QED) is 0.652. The van der Waals surface area contributed by atoms with Gasteiger partial charge in [-0.25, -0.2) is 0 Å². The number of aliphatic hydroxyl groups is 1. The van der Waals surface area contributed by atoms with Crippen molar-refractivity contribution in [3.05, 3.63) is 30.1 Å². The Morgan fingerprint density at radius 2 is 2.46 bits per heavy atom. The van der Waals surface area contributed by atoms with E-state index in [1.807, 2.05) is 12.3 Å². The third-order valence-electron chi connectivity index (χ3n) is 1.75. The number of nitrogens with one attached hydrogen (secondary N) is 1.